The SMILES string of the molecule is CC(C)(N)C(=O)N[C@H](COCc1ccccc1)c1nnc2n1CCN(C(=O)c1ccccc1)C2. The Hall–Kier alpha value is -3.56. The van der Waals surface area contributed by atoms with Crippen LogP contribution in [0.3, 0.4) is 0 Å². The van der Waals surface area contributed by atoms with E-state index < -0.39 is 11.6 Å². The minimum atomic E-state index is -1.05. The molecule has 9 heteroatoms. The number of carbonyl (C=O) groups is 2. The van der Waals surface area contributed by atoms with Crippen molar-refractivity contribution in [3.05, 3.63) is 83.4 Å². The first-order chi connectivity index (χ1) is 16.3. The molecule has 0 radical (unpaired) electrons. The van der Waals surface area contributed by atoms with Gasteiger partial charge in [-0.2, -0.15) is 0 Å². The van der Waals surface area contributed by atoms with Crippen LogP contribution in [0.5, 0.6) is 0 Å². The van der Waals surface area contributed by atoms with E-state index in [0.29, 0.717) is 43.5 Å². The van der Waals surface area contributed by atoms with E-state index >= 15 is 0 Å². The molecule has 2 heterocycles. The zero-order valence-electron chi connectivity index (χ0n) is 19.5. The lowest BCUT2D eigenvalue weighted by Crippen LogP contribution is -2.51. The van der Waals surface area contributed by atoms with Gasteiger partial charge in [-0.15, -0.1) is 10.2 Å². The molecule has 0 spiro atoms. The van der Waals surface area contributed by atoms with Crippen LogP contribution in [0.1, 0.15) is 47.5 Å². The Bertz CT molecular complexity index is 1120. The van der Waals surface area contributed by atoms with Crippen LogP contribution >= 0.6 is 0 Å². The number of nitrogens with one attached hydrogen (secondary N) is 1. The average molecular weight is 463 g/mol. The molecule has 4 rings (SSSR count). The van der Waals surface area contributed by atoms with E-state index in [4.69, 9.17) is 10.5 Å². The number of carbonyl (C=O) groups excluding carboxylic acids is 2. The van der Waals surface area contributed by atoms with E-state index in [0.717, 1.165) is 5.56 Å². The predicted octanol–water partition coefficient (Wildman–Crippen LogP) is 2.05. The van der Waals surface area contributed by atoms with Crippen LogP contribution < -0.4 is 11.1 Å². The number of aromatic nitrogens is 3. The van der Waals surface area contributed by atoms with Crippen LogP contribution in [0.25, 0.3) is 0 Å². The standard InChI is InChI=1S/C25H30N6O3/c1-25(2,26)24(33)27-20(17-34-16-18-9-5-3-6-10-18)22-29-28-21-15-30(13-14-31(21)22)23(32)19-11-7-4-8-12-19/h3-12,20H,13-17,26H2,1-2H3,(H,27,33)/t20-/m1/s1. The molecule has 0 aliphatic carbocycles. The number of nitrogens with two attached hydrogens (primary N) is 1. The van der Waals surface area contributed by atoms with Crippen molar-refractivity contribution < 1.29 is 14.3 Å². The molecule has 0 saturated heterocycles. The number of ether oxygens (including phenoxy) is 1. The molecule has 2 amide bonds. The topological polar surface area (TPSA) is 115 Å². The Labute approximate surface area is 198 Å². The van der Waals surface area contributed by atoms with Gasteiger partial charge in [-0.05, 0) is 31.5 Å². The number of hydrogen-bond donors (Lipinski definition) is 2. The van der Waals surface area contributed by atoms with Crippen molar-refractivity contribution in [3.63, 3.8) is 0 Å². The fraction of sp³-hybridized carbons (Fsp3) is 0.360. The zero-order valence-corrected chi connectivity index (χ0v) is 19.5. The van der Waals surface area contributed by atoms with Crippen molar-refractivity contribution in [2.45, 2.75) is 45.1 Å². The van der Waals surface area contributed by atoms with Crippen LogP contribution in [0.4, 0.5) is 0 Å². The Morgan fingerprint density at radius 3 is 2.41 bits per heavy atom. The lowest BCUT2D eigenvalue weighted by Gasteiger charge is -2.29. The fourth-order valence-electron chi connectivity index (χ4n) is 3.77. The summed E-state index contributed by atoms with van der Waals surface area (Å²) in [6.45, 7) is 5.29. The number of fused-ring (bicyclic) bond motifs is 1. The highest BCUT2D eigenvalue weighted by Gasteiger charge is 2.31. The van der Waals surface area contributed by atoms with Gasteiger partial charge < -0.3 is 25.3 Å². The molecule has 3 N–H and O–H groups in total. The van der Waals surface area contributed by atoms with Crippen molar-refractivity contribution in [1.82, 2.24) is 25.0 Å². The normalized spacial score (nSPS) is 14.4. The summed E-state index contributed by atoms with van der Waals surface area (Å²) in [5, 5.41) is 11.6. The van der Waals surface area contributed by atoms with Gasteiger partial charge in [0.15, 0.2) is 11.6 Å². The summed E-state index contributed by atoms with van der Waals surface area (Å²) in [6.07, 6.45) is 0. The molecule has 1 aliphatic heterocycles. The molecule has 1 atom stereocenters. The van der Waals surface area contributed by atoms with E-state index in [9.17, 15) is 9.59 Å². The molecule has 1 aliphatic rings. The summed E-state index contributed by atoms with van der Waals surface area (Å²) in [6, 6.07) is 18.5. The molecule has 178 valence electrons. The fourth-order valence-corrected chi connectivity index (χ4v) is 3.77. The summed E-state index contributed by atoms with van der Waals surface area (Å²) in [7, 11) is 0. The highest BCUT2D eigenvalue weighted by Crippen LogP contribution is 2.20. The zero-order chi connectivity index (χ0) is 24.1. The third-order valence-electron chi connectivity index (χ3n) is 5.69. The summed E-state index contributed by atoms with van der Waals surface area (Å²) in [5.74, 6) is 0.902. The molecular formula is C25H30N6O3. The molecule has 9 nitrogen and oxygen atoms in total. The first-order valence-corrected chi connectivity index (χ1v) is 11.3. The summed E-state index contributed by atoms with van der Waals surface area (Å²) >= 11 is 0. The maximum Gasteiger partial charge on any atom is 0.254 e. The third kappa shape index (κ3) is 5.49. The maximum atomic E-state index is 12.9. The van der Waals surface area contributed by atoms with E-state index in [1.54, 1.807) is 30.9 Å². The number of benzene rings is 2. The van der Waals surface area contributed by atoms with E-state index in [1.807, 2.05) is 53.1 Å². The second-order valence-electron chi connectivity index (χ2n) is 8.97. The van der Waals surface area contributed by atoms with Gasteiger partial charge in [0.2, 0.25) is 5.91 Å². The lowest BCUT2D eigenvalue weighted by atomic mass is 10.1. The van der Waals surface area contributed by atoms with Crippen molar-refractivity contribution in [2.75, 3.05) is 13.2 Å². The van der Waals surface area contributed by atoms with E-state index in [-0.39, 0.29) is 18.4 Å². The molecule has 0 bridgehead atoms. The second kappa shape index (κ2) is 10.1. The molecule has 0 saturated carbocycles. The quantitative estimate of drug-likeness (QED) is 0.529. The Balaban J connectivity index is 1.50. The number of nitrogens with zero attached hydrogens (tertiary/aromatic N) is 4. The third-order valence-corrected chi connectivity index (χ3v) is 5.69. The summed E-state index contributed by atoms with van der Waals surface area (Å²) < 4.78 is 7.88. The second-order valence-corrected chi connectivity index (χ2v) is 8.97. The monoisotopic (exact) mass is 462 g/mol. The van der Waals surface area contributed by atoms with Crippen molar-refractivity contribution in [2.24, 2.45) is 5.73 Å². The Kier molecular flexibility index (Phi) is 7.04. The highest BCUT2D eigenvalue weighted by atomic mass is 16.5. The molecule has 34 heavy (non-hydrogen) atoms. The Morgan fingerprint density at radius 1 is 1.06 bits per heavy atom. The van der Waals surface area contributed by atoms with Gasteiger partial charge in [-0.25, -0.2) is 0 Å². The average Bonchev–Trinajstić information content (AvgIpc) is 3.26. The minimum Gasteiger partial charge on any atom is -0.374 e. The Morgan fingerprint density at radius 2 is 1.74 bits per heavy atom. The van der Waals surface area contributed by atoms with Gasteiger partial charge in [-0.1, -0.05) is 48.5 Å². The highest BCUT2D eigenvalue weighted by molar-refractivity contribution is 5.94. The molecular weight excluding hydrogens is 432 g/mol. The van der Waals surface area contributed by atoms with Gasteiger partial charge in [0.05, 0.1) is 25.3 Å². The number of hydrogen-bond acceptors (Lipinski definition) is 6. The van der Waals surface area contributed by atoms with Crippen LogP contribution in [-0.4, -0.2) is 50.2 Å². The van der Waals surface area contributed by atoms with Crippen LogP contribution in [0.2, 0.25) is 0 Å². The lowest BCUT2D eigenvalue weighted by molar-refractivity contribution is -0.126. The van der Waals surface area contributed by atoms with Crippen molar-refractivity contribution >= 4 is 11.8 Å². The first-order valence-electron chi connectivity index (χ1n) is 11.3. The van der Waals surface area contributed by atoms with Gasteiger partial charge in [-0.3, -0.25) is 9.59 Å². The molecule has 0 fully saturated rings. The van der Waals surface area contributed by atoms with Gasteiger partial charge in [0.25, 0.3) is 5.91 Å². The summed E-state index contributed by atoms with van der Waals surface area (Å²) in [5.41, 5.74) is 6.62. The van der Waals surface area contributed by atoms with Gasteiger partial charge >= 0.3 is 0 Å². The molecule has 3 aromatic rings. The predicted molar refractivity (Wildman–Crippen MR) is 126 cm³/mol. The van der Waals surface area contributed by atoms with Crippen molar-refractivity contribution in [3.8, 4) is 0 Å². The first kappa shape index (κ1) is 23.6. The van der Waals surface area contributed by atoms with E-state index in [2.05, 4.69) is 15.5 Å². The van der Waals surface area contributed by atoms with Crippen LogP contribution in [0.15, 0.2) is 60.7 Å². The van der Waals surface area contributed by atoms with Gasteiger partial charge in [0.1, 0.15) is 6.04 Å². The van der Waals surface area contributed by atoms with E-state index in [1.165, 1.54) is 0 Å². The summed E-state index contributed by atoms with van der Waals surface area (Å²) in [4.78, 5) is 27.3. The molecule has 2 aromatic carbocycles. The smallest absolute Gasteiger partial charge is 0.254 e. The van der Waals surface area contributed by atoms with Crippen LogP contribution in [-0.2, 0) is 29.2 Å². The minimum absolute atomic E-state index is 0.0441. The largest absolute Gasteiger partial charge is 0.374 e. The van der Waals surface area contributed by atoms with Crippen LogP contribution in [0, 0.1) is 0 Å². The van der Waals surface area contributed by atoms with Crippen molar-refractivity contribution in [1.29, 1.82) is 0 Å². The molecule has 1 aromatic heterocycles. The number of amides is 2. The molecule has 0 unspecified atom stereocenters. The number of rotatable bonds is 8. The van der Waals surface area contributed by atoms with Gasteiger partial charge in [0, 0.05) is 18.7 Å². The maximum absolute atomic E-state index is 12.9.